The molecular formula is C10H11ClF3NO3. The van der Waals surface area contributed by atoms with Gasteiger partial charge in [0.1, 0.15) is 11.8 Å². The fourth-order valence-electron chi connectivity index (χ4n) is 1.23. The maximum Gasteiger partial charge on any atom is 0.416 e. The molecule has 8 heteroatoms. The number of ether oxygens (including phenoxy) is 1. The number of alkyl halides is 3. The van der Waals surface area contributed by atoms with Gasteiger partial charge in [0.05, 0.1) is 12.7 Å². The van der Waals surface area contributed by atoms with Crippen molar-refractivity contribution in [3.8, 4) is 5.75 Å². The summed E-state index contributed by atoms with van der Waals surface area (Å²) >= 11 is 0. The third kappa shape index (κ3) is 3.51. The summed E-state index contributed by atoms with van der Waals surface area (Å²) in [4.78, 5) is 11.1. The average Bonchev–Trinajstić information content (AvgIpc) is 2.26. The summed E-state index contributed by atoms with van der Waals surface area (Å²) in [6, 6.07) is 0.697. The second-order valence-electron chi connectivity index (χ2n) is 3.27. The molecule has 0 saturated heterocycles. The van der Waals surface area contributed by atoms with Crippen LogP contribution in [0.4, 0.5) is 13.2 Å². The van der Waals surface area contributed by atoms with E-state index in [1.807, 2.05) is 0 Å². The molecule has 0 amide bonds. The third-order valence-electron chi connectivity index (χ3n) is 2.15. The lowest BCUT2D eigenvalue weighted by atomic mass is 10.0. The van der Waals surface area contributed by atoms with Crippen LogP contribution in [-0.4, -0.2) is 18.2 Å². The Morgan fingerprint density at radius 3 is 2.44 bits per heavy atom. The molecule has 1 atom stereocenters. The molecule has 1 aromatic carbocycles. The smallest absolute Gasteiger partial charge is 0.416 e. The summed E-state index contributed by atoms with van der Waals surface area (Å²) in [7, 11) is 1.05. The first kappa shape index (κ1) is 16.5. The van der Waals surface area contributed by atoms with E-state index in [1.165, 1.54) is 0 Å². The van der Waals surface area contributed by atoms with Crippen molar-refractivity contribution in [3.63, 3.8) is 0 Å². The van der Waals surface area contributed by atoms with Gasteiger partial charge in [0, 0.05) is 5.56 Å². The van der Waals surface area contributed by atoms with E-state index in [0.717, 1.165) is 13.2 Å². The first-order chi connectivity index (χ1) is 7.77. The highest BCUT2D eigenvalue weighted by atomic mass is 35.5. The molecule has 3 N–H and O–H groups in total. The zero-order chi connectivity index (χ0) is 13.2. The van der Waals surface area contributed by atoms with E-state index in [9.17, 15) is 23.1 Å². The summed E-state index contributed by atoms with van der Waals surface area (Å²) in [5.74, 6) is -1.42. The minimum atomic E-state index is -4.57. The van der Waals surface area contributed by atoms with Gasteiger partial charge in [0.15, 0.2) is 0 Å². The van der Waals surface area contributed by atoms with Crippen molar-refractivity contribution in [2.75, 3.05) is 7.11 Å². The first-order valence-electron chi connectivity index (χ1n) is 4.51. The Labute approximate surface area is 107 Å². The summed E-state index contributed by atoms with van der Waals surface area (Å²) in [5.41, 5.74) is 4.04. The van der Waals surface area contributed by atoms with Crippen LogP contribution in [-0.2, 0) is 15.7 Å². The van der Waals surface area contributed by atoms with E-state index in [-0.39, 0.29) is 18.0 Å². The van der Waals surface area contributed by atoms with Gasteiger partial charge < -0.3 is 15.6 Å². The highest BCUT2D eigenvalue weighted by Crippen LogP contribution is 2.34. The van der Waals surface area contributed by atoms with Gasteiger partial charge >= 0.3 is 12.1 Å². The van der Waals surface area contributed by atoms with Crippen LogP contribution < -0.4 is 5.73 Å². The van der Waals surface area contributed by atoms with Gasteiger partial charge in [-0.05, 0) is 18.2 Å². The van der Waals surface area contributed by atoms with Gasteiger partial charge in [-0.15, -0.1) is 12.4 Å². The fraction of sp³-hybridized carbons (Fsp3) is 0.300. The van der Waals surface area contributed by atoms with Crippen LogP contribution in [0.2, 0.25) is 0 Å². The fourth-order valence-corrected chi connectivity index (χ4v) is 1.23. The number of carbonyl (C=O) groups is 1. The van der Waals surface area contributed by atoms with Gasteiger partial charge in [0.2, 0.25) is 0 Å². The van der Waals surface area contributed by atoms with Crippen LogP contribution in [0.5, 0.6) is 5.75 Å². The van der Waals surface area contributed by atoms with Gasteiger partial charge in [-0.2, -0.15) is 13.2 Å². The van der Waals surface area contributed by atoms with Crippen molar-refractivity contribution < 1.29 is 27.8 Å². The number of carbonyl (C=O) groups excluding carboxylic acids is 1. The number of phenolic OH excluding ortho intramolecular Hbond substituents is 1. The number of rotatable bonds is 2. The molecule has 1 aromatic rings. The SMILES string of the molecule is COC(=O)[C@H](N)c1cc(C(F)(F)F)ccc1O.Cl. The van der Waals surface area contributed by atoms with Crippen molar-refractivity contribution in [1.29, 1.82) is 0 Å². The van der Waals surface area contributed by atoms with Crippen molar-refractivity contribution in [1.82, 2.24) is 0 Å². The summed E-state index contributed by atoms with van der Waals surface area (Å²) in [5, 5.41) is 9.36. The standard InChI is InChI=1S/C10H10F3NO3.ClH/c1-17-9(16)8(14)6-4-5(10(11,12)13)2-3-7(6)15;/h2-4,8,15H,14H2,1H3;1H/t8-;/m1./s1. The zero-order valence-corrected chi connectivity index (χ0v) is 10.0. The number of hydrogen-bond acceptors (Lipinski definition) is 4. The molecule has 0 aliphatic rings. The normalized spacial score (nSPS) is 12.5. The van der Waals surface area contributed by atoms with E-state index < -0.39 is 29.5 Å². The van der Waals surface area contributed by atoms with Gasteiger partial charge in [-0.3, -0.25) is 4.79 Å². The van der Waals surface area contributed by atoms with E-state index in [4.69, 9.17) is 5.73 Å². The summed E-state index contributed by atoms with van der Waals surface area (Å²) in [6.07, 6.45) is -4.57. The van der Waals surface area contributed by atoms with Crippen molar-refractivity contribution in [2.24, 2.45) is 5.73 Å². The molecular weight excluding hydrogens is 275 g/mol. The molecule has 0 radical (unpaired) electrons. The van der Waals surface area contributed by atoms with Crippen LogP contribution in [0.1, 0.15) is 17.2 Å². The molecule has 0 bridgehead atoms. The lowest BCUT2D eigenvalue weighted by molar-refractivity contribution is -0.143. The largest absolute Gasteiger partial charge is 0.508 e. The number of halogens is 4. The lowest BCUT2D eigenvalue weighted by Gasteiger charge is -2.14. The molecule has 0 heterocycles. The minimum Gasteiger partial charge on any atom is -0.508 e. The highest BCUT2D eigenvalue weighted by Gasteiger charge is 2.32. The summed E-state index contributed by atoms with van der Waals surface area (Å²) in [6.45, 7) is 0. The molecule has 0 spiro atoms. The predicted octanol–water partition coefficient (Wildman–Crippen LogP) is 2.01. The van der Waals surface area contributed by atoms with Crippen molar-refractivity contribution in [2.45, 2.75) is 12.2 Å². The number of aromatic hydroxyl groups is 1. The third-order valence-corrected chi connectivity index (χ3v) is 2.15. The van der Waals surface area contributed by atoms with E-state index >= 15 is 0 Å². The number of methoxy groups -OCH3 is 1. The number of hydrogen-bond donors (Lipinski definition) is 2. The molecule has 0 saturated carbocycles. The molecule has 0 fully saturated rings. The van der Waals surface area contributed by atoms with Crippen molar-refractivity contribution in [3.05, 3.63) is 29.3 Å². The minimum absolute atomic E-state index is 0. The lowest BCUT2D eigenvalue weighted by Crippen LogP contribution is -2.23. The van der Waals surface area contributed by atoms with Crippen LogP contribution in [0, 0.1) is 0 Å². The van der Waals surface area contributed by atoms with E-state index in [2.05, 4.69) is 4.74 Å². The van der Waals surface area contributed by atoms with Crippen molar-refractivity contribution >= 4 is 18.4 Å². The van der Waals surface area contributed by atoms with Gasteiger partial charge in [-0.25, -0.2) is 0 Å². The molecule has 0 aliphatic carbocycles. The maximum absolute atomic E-state index is 12.4. The van der Waals surface area contributed by atoms with E-state index in [0.29, 0.717) is 12.1 Å². The van der Waals surface area contributed by atoms with Crippen LogP contribution in [0.3, 0.4) is 0 Å². The number of nitrogens with two attached hydrogens (primary N) is 1. The Morgan fingerprint density at radius 1 is 1.44 bits per heavy atom. The molecule has 1 rings (SSSR count). The van der Waals surface area contributed by atoms with Crippen LogP contribution >= 0.6 is 12.4 Å². The Balaban J connectivity index is 0.00000289. The second-order valence-corrected chi connectivity index (χ2v) is 3.27. The number of esters is 1. The molecule has 0 aliphatic heterocycles. The predicted molar refractivity (Wildman–Crippen MR) is 59.3 cm³/mol. The monoisotopic (exact) mass is 285 g/mol. The topological polar surface area (TPSA) is 72.5 Å². The first-order valence-corrected chi connectivity index (χ1v) is 4.51. The number of benzene rings is 1. The van der Waals surface area contributed by atoms with Gasteiger partial charge in [0.25, 0.3) is 0 Å². The average molecular weight is 286 g/mol. The molecule has 18 heavy (non-hydrogen) atoms. The maximum atomic E-state index is 12.4. The zero-order valence-electron chi connectivity index (χ0n) is 9.19. The summed E-state index contributed by atoms with van der Waals surface area (Å²) < 4.78 is 41.5. The Morgan fingerprint density at radius 2 is 2.00 bits per heavy atom. The highest BCUT2D eigenvalue weighted by molar-refractivity contribution is 5.85. The van der Waals surface area contributed by atoms with E-state index in [1.54, 1.807) is 0 Å². The molecule has 0 aromatic heterocycles. The second kappa shape index (κ2) is 5.92. The van der Waals surface area contributed by atoms with Crippen LogP contribution in [0.25, 0.3) is 0 Å². The van der Waals surface area contributed by atoms with Gasteiger partial charge in [-0.1, -0.05) is 0 Å². The Hall–Kier alpha value is -1.47. The van der Waals surface area contributed by atoms with Crippen LogP contribution in [0.15, 0.2) is 18.2 Å². The Kier molecular flexibility index (Phi) is 5.44. The quantitative estimate of drug-likeness (QED) is 0.815. The molecule has 0 unspecified atom stereocenters. The number of phenols is 1. The molecule has 102 valence electrons. The Bertz CT molecular complexity index is 437. The molecule has 4 nitrogen and oxygen atoms in total.